The lowest BCUT2D eigenvalue weighted by atomic mass is 10.2. The monoisotopic (exact) mass is 377 g/mol. The molecule has 0 aliphatic carbocycles. The minimum atomic E-state index is -2.92. The van der Waals surface area contributed by atoms with Crippen LogP contribution < -0.4 is 10.1 Å². The van der Waals surface area contributed by atoms with Crippen LogP contribution in [0.3, 0.4) is 0 Å². The van der Waals surface area contributed by atoms with E-state index in [1.54, 1.807) is 23.3 Å². The fourth-order valence-electron chi connectivity index (χ4n) is 1.67. The topological polar surface area (TPSA) is 39.1 Å². The quantitative estimate of drug-likeness (QED) is 0.797. The van der Waals surface area contributed by atoms with Crippen molar-refractivity contribution in [1.29, 1.82) is 0 Å². The SMILES string of the molecule is C=Cn1cc(CNc2cc(Cl)cc(Br)c2OC(F)F)cn1. The number of hydrogen-bond donors (Lipinski definition) is 1. The van der Waals surface area contributed by atoms with Crippen LogP contribution in [0.1, 0.15) is 5.56 Å². The number of nitrogens with one attached hydrogen (secondary N) is 1. The van der Waals surface area contributed by atoms with Crippen molar-refractivity contribution in [1.82, 2.24) is 9.78 Å². The number of benzene rings is 1. The van der Waals surface area contributed by atoms with Crippen LogP contribution in [0.4, 0.5) is 14.5 Å². The molecule has 0 amide bonds. The molecule has 0 radical (unpaired) electrons. The van der Waals surface area contributed by atoms with Gasteiger partial charge in [-0.05, 0) is 28.1 Å². The number of hydrogen-bond acceptors (Lipinski definition) is 3. The van der Waals surface area contributed by atoms with Gasteiger partial charge in [0, 0.05) is 29.5 Å². The lowest BCUT2D eigenvalue weighted by molar-refractivity contribution is -0.0498. The third-order valence-electron chi connectivity index (χ3n) is 2.54. The fourth-order valence-corrected chi connectivity index (χ4v) is 2.57. The third kappa shape index (κ3) is 4.18. The van der Waals surface area contributed by atoms with Crippen molar-refractivity contribution in [2.24, 2.45) is 0 Å². The zero-order chi connectivity index (χ0) is 15.4. The van der Waals surface area contributed by atoms with Crippen molar-refractivity contribution < 1.29 is 13.5 Å². The van der Waals surface area contributed by atoms with E-state index < -0.39 is 6.61 Å². The molecule has 0 saturated heterocycles. The summed E-state index contributed by atoms with van der Waals surface area (Å²) in [5, 5.41) is 7.41. The number of ether oxygens (including phenoxy) is 1. The molecule has 21 heavy (non-hydrogen) atoms. The predicted octanol–water partition coefficient (Wildman–Crippen LogP) is 4.61. The van der Waals surface area contributed by atoms with Gasteiger partial charge in [-0.2, -0.15) is 13.9 Å². The number of anilines is 1. The molecule has 2 aromatic rings. The highest BCUT2D eigenvalue weighted by atomic mass is 79.9. The summed E-state index contributed by atoms with van der Waals surface area (Å²) in [6, 6.07) is 3.00. The van der Waals surface area contributed by atoms with Crippen LogP contribution >= 0.6 is 27.5 Å². The average Bonchev–Trinajstić information content (AvgIpc) is 2.87. The van der Waals surface area contributed by atoms with Gasteiger partial charge in [0.15, 0.2) is 5.75 Å². The van der Waals surface area contributed by atoms with Crippen LogP contribution in [-0.2, 0) is 6.54 Å². The van der Waals surface area contributed by atoms with E-state index >= 15 is 0 Å². The molecule has 2 rings (SSSR count). The maximum atomic E-state index is 12.5. The molecule has 0 saturated carbocycles. The highest BCUT2D eigenvalue weighted by molar-refractivity contribution is 9.10. The van der Waals surface area contributed by atoms with Gasteiger partial charge in [0.05, 0.1) is 16.4 Å². The van der Waals surface area contributed by atoms with Gasteiger partial charge in [0.2, 0.25) is 0 Å². The second-order valence-electron chi connectivity index (χ2n) is 4.01. The molecular formula is C13H11BrClF2N3O. The fraction of sp³-hybridized carbons (Fsp3) is 0.154. The van der Waals surface area contributed by atoms with Gasteiger partial charge in [0.1, 0.15) is 0 Å². The van der Waals surface area contributed by atoms with Crippen molar-refractivity contribution >= 4 is 39.4 Å². The number of aromatic nitrogens is 2. The first-order valence-corrected chi connectivity index (χ1v) is 7.00. The smallest absolute Gasteiger partial charge is 0.387 e. The van der Waals surface area contributed by atoms with Crippen molar-refractivity contribution in [2.45, 2.75) is 13.2 Å². The summed E-state index contributed by atoms with van der Waals surface area (Å²) >= 11 is 9.08. The average molecular weight is 379 g/mol. The van der Waals surface area contributed by atoms with Gasteiger partial charge in [0.25, 0.3) is 0 Å². The maximum absolute atomic E-state index is 12.5. The van der Waals surface area contributed by atoms with E-state index in [0.29, 0.717) is 21.7 Å². The molecule has 0 aliphatic heterocycles. The minimum absolute atomic E-state index is 0.00510. The number of alkyl halides is 2. The van der Waals surface area contributed by atoms with Crippen LogP contribution in [0.25, 0.3) is 6.20 Å². The van der Waals surface area contributed by atoms with Crippen LogP contribution in [0.2, 0.25) is 5.02 Å². The Balaban J connectivity index is 2.19. The first-order chi connectivity index (χ1) is 9.99. The lowest BCUT2D eigenvalue weighted by Crippen LogP contribution is -2.07. The molecule has 0 bridgehead atoms. The van der Waals surface area contributed by atoms with E-state index in [4.69, 9.17) is 11.6 Å². The van der Waals surface area contributed by atoms with E-state index in [9.17, 15) is 8.78 Å². The third-order valence-corrected chi connectivity index (χ3v) is 3.35. The molecule has 0 aliphatic rings. The molecule has 112 valence electrons. The van der Waals surface area contributed by atoms with Gasteiger partial charge < -0.3 is 10.1 Å². The van der Waals surface area contributed by atoms with Gasteiger partial charge in [-0.1, -0.05) is 18.2 Å². The zero-order valence-corrected chi connectivity index (χ0v) is 13.0. The molecule has 0 spiro atoms. The Kier molecular flexibility index (Phi) is 5.19. The Hall–Kier alpha value is -1.60. The Bertz CT molecular complexity index is 648. The van der Waals surface area contributed by atoms with E-state index in [1.165, 1.54) is 12.1 Å². The summed E-state index contributed by atoms with van der Waals surface area (Å²) in [5.74, 6) is 0.00510. The molecule has 1 aromatic carbocycles. The van der Waals surface area contributed by atoms with Gasteiger partial charge in [-0.25, -0.2) is 4.68 Å². The molecule has 1 N–H and O–H groups in total. The van der Waals surface area contributed by atoms with Gasteiger partial charge >= 0.3 is 6.61 Å². The van der Waals surface area contributed by atoms with Gasteiger partial charge in [-0.3, -0.25) is 0 Å². The van der Waals surface area contributed by atoms with Crippen molar-refractivity contribution in [2.75, 3.05) is 5.32 Å². The Morgan fingerprint density at radius 3 is 2.90 bits per heavy atom. The van der Waals surface area contributed by atoms with Crippen LogP contribution in [-0.4, -0.2) is 16.4 Å². The Labute approximate surface area is 133 Å². The molecule has 0 fully saturated rings. The number of halogens is 4. The van der Waals surface area contributed by atoms with E-state index in [-0.39, 0.29) is 5.75 Å². The summed E-state index contributed by atoms with van der Waals surface area (Å²) in [6.07, 6.45) is 4.94. The summed E-state index contributed by atoms with van der Waals surface area (Å²) < 4.78 is 31.3. The summed E-state index contributed by atoms with van der Waals surface area (Å²) in [4.78, 5) is 0. The standard InChI is InChI=1S/C13H11BrClF2N3O/c1-2-20-7-8(6-19-20)5-18-11-4-9(15)3-10(14)12(11)21-13(16)17/h2-4,6-7,13,18H,1,5H2. The maximum Gasteiger partial charge on any atom is 0.387 e. The predicted molar refractivity (Wildman–Crippen MR) is 81.7 cm³/mol. The molecule has 1 aromatic heterocycles. The molecule has 8 heteroatoms. The van der Waals surface area contributed by atoms with Crippen molar-refractivity contribution in [3.05, 3.63) is 46.2 Å². The summed E-state index contributed by atoms with van der Waals surface area (Å²) in [7, 11) is 0. The van der Waals surface area contributed by atoms with Crippen molar-refractivity contribution in [3.63, 3.8) is 0 Å². The second kappa shape index (κ2) is 6.91. The second-order valence-corrected chi connectivity index (χ2v) is 5.30. The minimum Gasteiger partial charge on any atom is -0.431 e. The van der Waals surface area contributed by atoms with E-state index in [2.05, 4.69) is 37.7 Å². The number of nitrogens with zero attached hydrogens (tertiary/aromatic N) is 2. The Morgan fingerprint density at radius 2 is 2.29 bits per heavy atom. The lowest BCUT2D eigenvalue weighted by Gasteiger charge is -2.14. The molecule has 0 unspecified atom stereocenters. The Morgan fingerprint density at radius 1 is 1.52 bits per heavy atom. The highest BCUT2D eigenvalue weighted by Crippen LogP contribution is 2.37. The van der Waals surface area contributed by atoms with E-state index in [1.807, 2.05) is 0 Å². The van der Waals surface area contributed by atoms with Crippen LogP contribution in [0, 0.1) is 0 Å². The summed E-state index contributed by atoms with van der Waals surface area (Å²) in [6.45, 7) is 1.04. The molecular weight excluding hydrogens is 368 g/mol. The molecule has 4 nitrogen and oxygen atoms in total. The number of rotatable bonds is 6. The van der Waals surface area contributed by atoms with Gasteiger partial charge in [-0.15, -0.1) is 0 Å². The highest BCUT2D eigenvalue weighted by Gasteiger charge is 2.15. The van der Waals surface area contributed by atoms with E-state index in [0.717, 1.165) is 5.56 Å². The van der Waals surface area contributed by atoms with Crippen molar-refractivity contribution in [3.8, 4) is 5.75 Å². The normalized spacial score (nSPS) is 10.7. The largest absolute Gasteiger partial charge is 0.431 e. The van der Waals surface area contributed by atoms with Crippen LogP contribution in [0.15, 0.2) is 35.6 Å². The molecule has 0 atom stereocenters. The van der Waals surface area contributed by atoms with Crippen LogP contribution in [0.5, 0.6) is 5.75 Å². The molecule has 1 heterocycles. The first kappa shape index (κ1) is 15.8. The summed E-state index contributed by atoms with van der Waals surface area (Å²) in [5.41, 5.74) is 1.22. The zero-order valence-electron chi connectivity index (χ0n) is 10.7. The first-order valence-electron chi connectivity index (χ1n) is 5.83.